The van der Waals surface area contributed by atoms with Crippen LogP contribution < -0.4 is 10.6 Å². The molecule has 35 heavy (non-hydrogen) atoms. The summed E-state index contributed by atoms with van der Waals surface area (Å²) in [4.78, 5) is 52.1. The molecule has 3 amide bonds. The quantitative estimate of drug-likeness (QED) is 0.463. The predicted molar refractivity (Wildman–Crippen MR) is 132 cm³/mol. The molecular formula is C26H37N3O6. The number of hydrogen-bond donors (Lipinski definition) is 2. The molecular weight excluding hydrogens is 450 g/mol. The van der Waals surface area contributed by atoms with E-state index in [1.54, 1.807) is 50.8 Å². The summed E-state index contributed by atoms with van der Waals surface area (Å²) in [6, 6.07) is 6.16. The highest BCUT2D eigenvalue weighted by Crippen LogP contribution is 2.33. The van der Waals surface area contributed by atoms with Crippen LogP contribution in [0.15, 0.2) is 30.8 Å². The number of carbonyl (C=O) groups excluding carboxylic acids is 4. The Morgan fingerprint density at radius 2 is 1.91 bits per heavy atom. The first-order valence-electron chi connectivity index (χ1n) is 12.0. The van der Waals surface area contributed by atoms with Crippen LogP contribution in [-0.2, 0) is 23.9 Å². The van der Waals surface area contributed by atoms with Gasteiger partial charge < -0.3 is 25.0 Å². The third-order valence-corrected chi connectivity index (χ3v) is 5.46. The van der Waals surface area contributed by atoms with Gasteiger partial charge in [-0.3, -0.25) is 14.4 Å². The fourth-order valence-corrected chi connectivity index (χ4v) is 3.69. The summed E-state index contributed by atoms with van der Waals surface area (Å²) >= 11 is 0. The molecule has 0 heterocycles. The van der Waals surface area contributed by atoms with Gasteiger partial charge in [0.05, 0.1) is 13.0 Å². The monoisotopic (exact) mass is 487 g/mol. The number of nitrogens with zero attached hydrogens (tertiary/aromatic N) is 1. The number of nitrogens with one attached hydrogen (secondary N) is 2. The zero-order chi connectivity index (χ0) is 26.0. The molecule has 0 bridgehead atoms. The highest BCUT2D eigenvalue weighted by molar-refractivity contribution is 5.91. The van der Waals surface area contributed by atoms with Crippen LogP contribution in [0.25, 0.3) is 6.08 Å². The third kappa shape index (κ3) is 8.73. The maximum Gasteiger partial charge on any atom is 0.408 e. The van der Waals surface area contributed by atoms with E-state index in [0.29, 0.717) is 5.56 Å². The standard InChI is InChI=1S/C26H37N3O6/c1-6-18-10-8-11-19(16-18)23(24(32)27-15-14-22(31)34-7-2)29(20-12-9-13-20)21(30)17-28-25(33)35-26(3,4)5/h6,8,10-11,16,20,23H,1,7,9,12-15,17H2,2-5H3,(H,27,32)(H,28,33). The molecule has 1 atom stereocenters. The van der Waals surface area contributed by atoms with Crippen LogP contribution in [0.5, 0.6) is 0 Å². The van der Waals surface area contributed by atoms with Crippen molar-refractivity contribution in [1.82, 2.24) is 15.5 Å². The summed E-state index contributed by atoms with van der Waals surface area (Å²) in [7, 11) is 0. The van der Waals surface area contributed by atoms with Gasteiger partial charge in [0.15, 0.2) is 0 Å². The van der Waals surface area contributed by atoms with Gasteiger partial charge in [0.25, 0.3) is 0 Å². The predicted octanol–water partition coefficient (Wildman–Crippen LogP) is 3.35. The Bertz CT molecular complexity index is 920. The molecule has 1 aromatic rings. The molecule has 1 aromatic carbocycles. The van der Waals surface area contributed by atoms with Crippen molar-refractivity contribution in [1.29, 1.82) is 0 Å². The highest BCUT2D eigenvalue weighted by atomic mass is 16.6. The van der Waals surface area contributed by atoms with Crippen LogP contribution in [0.3, 0.4) is 0 Å². The molecule has 0 aromatic heterocycles. The van der Waals surface area contributed by atoms with Crippen molar-refractivity contribution >= 4 is 30.0 Å². The topological polar surface area (TPSA) is 114 Å². The number of alkyl carbamates (subject to hydrolysis) is 1. The summed E-state index contributed by atoms with van der Waals surface area (Å²) in [5, 5.41) is 5.27. The second kappa shape index (κ2) is 12.9. The van der Waals surface area contributed by atoms with Crippen LogP contribution in [-0.4, -0.2) is 60.1 Å². The van der Waals surface area contributed by atoms with Crippen LogP contribution >= 0.6 is 0 Å². The lowest BCUT2D eigenvalue weighted by molar-refractivity contribution is -0.146. The van der Waals surface area contributed by atoms with Crippen molar-refractivity contribution < 1.29 is 28.7 Å². The lowest BCUT2D eigenvalue weighted by Crippen LogP contribution is -2.54. The molecule has 0 radical (unpaired) electrons. The molecule has 0 spiro atoms. The van der Waals surface area contributed by atoms with E-state index >= 15 is 0 Å². The summed E-state index contributed by atoms with van der Waals surface area (Å²) in [6.45, 7) is 10.7. The minimum atomic E-state index is -0.935. The first kappa shape index (κ1) is 27.9. The number of rotatable bonds is 11. The average Bonchev–Trinajstić information content (AvgIpc) is 2.75. The van der Waals surface area contributed by atoms with E-state index < -0.39 is 35.5 Å². The Balaban J connectivity index is 2.27. The largest absolute Gasteiger partial charge is 0.466 e. The number of carbonyl (C=O) groups is 4. The molecule has 1 unspecified atom stereocenters. The van der Waals surface area contributed by atoms with E-state index in [2.05, 4.69) is 17.2 Å². The number of amides is 3. The summed E-state index contributed by atoms with van der Waals surface area (Å²) in [5.74, 6) is -1.21. The van der Waals surface area contributed by atoms with E-state index in [-0.39, 0.29) is 32.2 Å². The van der Waals surface area contributed by atoms with Crippen molar-refractivity contribution in [2.75, 3.05) is 19.7 Å². The normalized spacial score (nSPS) is 14.2. The van der Waals surface area contributed by atoms with E-state index in [4.69, 9.17) is 9.47 Å². The fourth-order valence-electron chi connectivity index (χ4n) is 3.69. The van der Waals surface area contributed by atoms with Gasteiger partial charge in [-0.15, -0.1) is 0 Å². The van der Waals surface area contributed by atoms with Crippen molar-refractivity contribution in [2.45, 2.75) is 71.1 Å². The van der Waals surface area contributed by atoms with Gasteiger partial charge in [0, 0.05) is 12.6 Å². The van der Waals surface area contributed by atoms with Gasteiger partial charge in [0.2, 0.25) is 11.8 Å². The smallest absolute Gasteiger partial charge is 0.408 e. The van der Waals surface area contributed by atoms with Crippen LogP contribution in [0.4, 0.5) is 4.79 Å². The third-order valence-electron chi connectivity index (χ3n) is 5.46. The molecule has 0 aliphatic heterocycles. The van der Waals surface area contributed by atoms with Crippen LogP contribution in [0, 0.1) is 0 Å². The maximum atomic E-state index is 13.4. The van der Waals surface area contributed by atoms with Gasteiger partial charge in [-0.05, 0) is 64.2 Å². The zero-order valence-electron chi connectivity index (χ0n) is 21.1. The Morgan fingerprint density at radius 1 is 1.20 bits per heavy atom. The van der Waals surface area contributed by atoms with Gasteiger partial charge in [-0.1, -0.05) is 30.9 Å². The second-order valence-corrected chi connectivity index (χ2v) is 9.36. The fraction of sp³-hybridized carbons (Fsp3) is 0.538. The Hall–Kier alpha value is -3.36. The zero-order valence-corrected chi connectivity index (χ0v) is 21.1. The minimum Gasteiger partial charge on any atom is -0.466 e. The molecule has 2 N–H and O–H groups in total. The summed E-state index contributed by atoms with van der Waals surface area (Å²) < 4.78 is 10.2. The van der Waals surface area contributed by atoms with E-state index in [1.165, 1.54) is 0 Å². The van der Waals surface area contributed by atoms with Gasteiger partial charge in [-0.25, -0.2) is 4.79 Å². The SMILES string of the molecule is C=Cc1cccc(C(C(=O)NCCC(=O)OCC)N(C(=O)CNC(=O)OC(C)(C)C)C2CCC2)c1. The van der Waals surface area contributed by atoms with E-state index in [9.17, 15) is 19.2 Å². The average molecular weight is 488 g/mol. The van der Waals surface area contributed by atoms with Crippen LogP contribution in [0.1, 0.15) is 70.5 Å². The number of hydrogen-bond acceptors (Lipinski definition) is 6. The Morgan fingerprint density at radius 3 is 2.49 bits per heavy atom. The molecule has 1 aliphatic carbocycles. The Labute approximate surface area is 207 Å². The van der Waals surface area contributed by atoms with Crippen molar-refractivity contribution in [3.8, 4) is 0 Å². The Kier molecular flexibility index (Phi) is 10.3. The molecule has 192 valence electrons. The van der Waals surface area contributed by atoms with Crippen molar-refractivity contribution in [3.05, 3.63) is 42.0 Å². The van der Waals surface area contributed by atoms with E-state index in [1.807, 2.05) is 12.1 Å². The van der Waals surface area contributed by atoms with Gasteiger partial charge in [-0.2, -0.15) is 0 Å². The second-order valence-electron chi connectivity index (χ2n) is 9.36. The number of benzene rings is 1. The molecule has 2 rings (SSSR count). The molecule has 9 nitrogen and oxygen atoms in total. The lowest BCUT2D eigenvalue weighted by Gasteiger charge is -2.42. The summed E-state index contributed by atoms with van der Waals surface area (Å²) in [6.07, 6.45) is 3.44. The number of esters is 1. The molecule has 1 aliphatic rings. The lowest BCUT2D eigenvalue weighted by atomic mass is 9.88. The first-order chi connectivity index (χ1) is 16.6. The maximum absolute atomic E-state index is 13.4. The molecule has 9 heteroatoms. The summed E-state index contributed by atoms with van der Waals surface area (Å²) in [5.41, 5.74) is 0.723. The van der Waals surface area contributed by atoms with Gasteiger partial charge in [0.1, 0.15) is 18.2 Å². The molecule has 1 fully saturated rings. The highest BCUT2D eigenvalue weighted by Gasteiger charge is 2.39. The van der Waals surface area contributed by atoms with Crippen molar-refractivity contribution in [3.63, 3.8) is 0 Å². The van der Waals surface area contributed by atoms with Crippen molar-refractivity contribution in [2.24, 2.45) is 0 Å². The van der Waals surface area contributed by atoms with Crippen LogP contribution in [0.2, 0.25) is 0 Å². The minimum absolute atomic E-state index is 0.0244. The molecule has 1 saturated carbocycles. The first-order valence-corrected chi connectivity index (χ1v) is 12.0. The number of ether oxygens (including phenoxy) is 2. The van der Waals surface area contributed by atoms with E-state index in [0.717, 1.165) is 24.8 Å². The van der Waals surface area contributed by atoms with Gasteiger partial charge >= 0.3 is 12.1 Å². The molecule has 0 saturated heterocycles.